The van der Waals surface area contributed by atoms with Crippen molar-refractivity contribution in [2.24, 2.45) is 5.92 Å². The zero-order valence-electron chi connectivity index (χ0n) is 9.55. The molecule has 1 aromatic rings. The molecule has 2 nitrogen and oxygen atoms in total. The molecule has 3 heteroatoms. The van der Waals surface area contributed by atoms with Gasteiger partial charge in [0.2, 0.25) is 0 Å². The van der Waals surface area contributed by atoms with Gasteiger partial charge in [0.05, 0.1) is 0 Å². The van der Waals surface area contributed by atoms with Crippen LogP contribution in [0, 0.1) is 19.8 Å². The van der Waals surface area contributed by atoms with E-state index in [2.05, 4.69) is 16.9 Å². The molecule has 0 bridgehead atoms. The first-order chi connectivity index (χ1) is 7.09. The minimum Gasteiger partial charge on any atom is -0.238 e. The number of aryl methyl sites for hydroxylation is 1. The standard InChI is InChI=1S/C12H17ClN2/c1-7-5-4-6-10(7)12-14-9(3)8(2)11(13)15-12/h7,10H,4-6H2,1-3H3. The molecule has 0 amide bonds. The predicted molar refractivity (Wildman–Crippen MR) is 62.3 cm³/mol. The minimum atomic E-state index is 0.516. The summed E-state index contributed by atoms with van der Waals surface area (Å²) in [5.74, 6) is 2.16. The Balaban J connectivity index is 2.36. The van der Waals surface area contributed by atoms with Crippen LogP contribution in [-0.2, 0) is 0 Å². The number of nitrogens with zero attached hydrogens (tertiary/aromatic N) is 2. The smallest absolute Gasteiger partial charge is 0.135 e. The van der Waals surface area contributed by atoms with Gasteiger partial charge in [-0.25, -0.2) is 9.97 Å². The number of hydrogen-bond donors (Lipinski definition) is 0. The SMILES string of the molecule is Cc1nc(C2CCCC2C)nc(Cl)c1C. The van der Waals surface area contributed by atoms with Crippen molar-refractivity contribution in [2.45, 2.75) is 46.0 Å². The van der Waals surface area contributed by atoms with Crippen LogP contribution in [0.25, 0.3) is 0 Å². The molecular weight excluding hydrogens is 208 g/mol. The molecule has 0 aromatic carbocycles. The summed E-state index contributed by atoms with van der Waals surface area (Å²) in [5.41, 5.74) is 2.02. The van der Waals surface area contributed by atoms with Gasteiger partial charge < -0.3 is 0 Å². The molecule has 0 spiro atoms. The van der Waals surface area contributed by atoms with E-state index < -0.39 is 0 Å². The zero-order chi connectivity index (χ0) is 11.0. The van der Waals surface area contributed by atoms with Gasteiger partial charge in [-0.05, 0) is 32.6 Å². The fourth-order valence-corrected chi connectivity index (χ4v) is 2.53. The van der Waals surface area contributed by atoms with Gasteiger partial charge in [-0.3, -0.25) is 0 Å². The second-order valence-corrected chi connectivity index (χ2v) is 4.96. The van der Waals surface area contributed by atoms with Crippen molar-refractivity contribution in [3.8, 4) is 0 Å². The second kappa shape index (κ2) is 4.09. The molecule has 1 aliphatic carbocycles. The molecule has 1 aromatic heterocycles. The average Bonchev–Trinajstić information content (AvgIpc) is 2.60. The minimum absolute atomic E-state index is 0.516. The van der Waals surface area contributed by atoms with Crippen LogP contribution >= 0.6 is 11.6 Å². The van der Waals surface area contributed by atoms with Crippen molar-refractivity contribution >= 4 is 11.6 Å². The van der Waals surface area contributed by atoms with Crippen LogP contribution in [0.15, 0.2) is 0 Å². The molecule has 0 N–H and O–H groups in total. The Labute approximate surface area is 96.1 Å². The van der Waals surface area contributed by atoms with E-state index >= 15 is 0 Å². The summed E-state index contributed by atoms with van der Waals surface area (Å²) in [6.45, 7) is 6.26. The summed E-state index contributed by atoms with van der Waals surface area (Å²) >= 11 is 6.09. The topological polar surface area (TPSA) is 25.8 Å². The summed E-state index contributed by atoms with van der Waals surface area (Å²) < 4.78 is 0. The highest BCUT2D eigenvalue weighted by molar-refractivity contribution is 6.30. The van der Waals surface area contributed by atoms with E-state index in [4.69, 9.17) is 11.6 Å². The van der Waals surface area contributed by atoms with Crippen molar-refractivity contribution in [3.05, 3.63) is 22.2 Å². The molecule has 0 radical (unpaired) electrons. The van der Waals surface area contributed by atoms with Crippen LogP contribution in [0.5, 0.6) is 0 Å². The Kier molecular flexibility index (Phi) is 2.96. The van der Waals surface area contributed by atoms with Crippen molar-refractivity contribution in [1.82, 2.24) is 9.97 Å². The van der Waals surface area contributed by atoms with Gasteiger partial charge in [0, 0.05) is 17.2 Å². The van der Waals surface area contributed by atoms with E-state index in [-0.39, 0.29) is 0 Å². The number of rotatable bonds is 1. The third-order valence-electron chi connectivity index (χ3n) is 3.54. The van der Waals surface area contributed by atoms with Crippen LogP contribution in [0.1, 0.15) is 49.2 Å². The van der Waals surface area contributed by atoms with Crippen molar-refractivity contribution in [3.63, 3.8) is 0 Å². The molecule has 2 atom stereocenters. The first-order valence-electron chi connectivity index (χ1n) is 5.60. The number of hydrogen-bond acceptors (Lipinski definition) is 2. The van der Waals surface area contributed by atoms with E-state index in [0.717, 1.165) is 17.1 Å². The van der Waals surface area contributed by atoms with Crippen molar-refractivity contribution < 1.29 is 0 Å². The fourth-order valence-electron chi connectivity index (χ4n) is 2.31. The Bertz CT molecular complexity index is 353. The molecule has 2 rings (SSSR count). The van der Waals surface area contributed by atoms with Crippen LogP contribution in [-0.4, -0.2) is 9.97 Å². The highest BCUT2D eigenvalue weighted by atomic mass is 35.5. The second-order valence-electron chi connectivity index (χ2n) is 4.60. The van der Waals surface area contributed by atoms with Gasteiger partial charge in [-0.15, -0.1) is 0 Å². The third kappa shape index (κ3) is 2.00. The van der Waals surface area contributed by atoms with Gasteiger partial charge >= 0.3 is 0 Å². The quantitative estimate of drug-likeness (QED) is 0.681. The van der Waals surface area contributed by atoms with E-state index in [9.17, 15) is 0 Å². The molecule has 0 saturated heterocycles. The molecular formula is C12H17ClN2. The van der Waals surface area contributed by atoms with E-state index in [1.165, 1.54) is 19.3 Å². The number of halogens is 1. The molecule has 1 aliphatic rings. The summed E-state index contributed by atoms with van der Waals surface area (Å²) in [6, 6.07) is 0. The third-order valence-corrected chi connectivity index (χ3v) is 3.91. The molecule has 0 aliphatic heterocycles. The highest BCUT2D eigenvalue weighted by Gasteiger charge is 2.27. The average molecular weight is 225 g/mol. The zero-order valence-corrected chi connectivity index (χ0v) is 10.3. The Morgan fingerprint density at radius 3 is 2.47 bits per heavy atom. The van der Waals surface area contributed by atoms with Crippen LogP contribution in [0.2, 0.25) is 5.15 Å². The van der Waals surface area contributed by atoms with Crippen LogP contribution in [0.3, 0.4) is 0 Å². The molecule has 2 unspecified atom stereocenters. The lowest BCUT2D eigenvalue weighted by Crippen LogP contribution is -2.09. The van der Waals surface area contributed by atoms with Gasteiger partial charge in [0.1, 0.15) is 11.0 Å². The van der Waals surface area contributed by atoms with Crippen molar-refractivity contribution in [1.29, 1.82) is 0 Å². The molecule has 1 fully saturated rings. The maximum absolute atomic E-state index is 6.09. The first-order valence-corrected chi connectivity index (χ1v) is 5.98. The van der Waals surface area contributed by atoms with Crippen LogP contribution < -0.4 is 0 Å². The molecule has 82 valence electrons. The van der Waals surface area contributed by atoms with E-state index in [1.54, 1.807) is 0 Å². The Morgan fingerprint density at radius 2 is 1.93 bits per heavy atom. The lowest BCUT2D eigenvalue weighted by Gasteiger charge is -2.15. The van der Waals surface area contributed by atoms with Gasteiger partial charge in [0.25, 0.3) is 0 Å². The highest BCUT2D eigenvalue weighted by Crippen LogP contribution is 2.38. The Morgan fingerprint density at radius 1 is 1.20 bits per heavy atom. The monoisotopic (exact) mass is 224 g/mol. The number of aromatic nitrogens is 2. The summed E-state index contributed by atoms with van der Waals surface area (Å²) in [7, 11) is 0. The van der Waals surface area contributed by atoms with E-state index in [1.807, 2.05) is 13.8 Å². The van der Waals surface area contributed by atoms with Crippen LogP contribution in [0.4, 0.5) is 0 Å². The van der Waals surface area contributed by atoms with Gasteiger partial charge in [-0.1, -0.05) is 24.9 Å². The predicted octanol–water partition coefficient (Wildman–Crippen LogP) is 3.65. The lowest BCUT2D eigenvalue weighted by atomic mass is 9.97. The molecule has 1 saturated carbocycles. The lowest BCUT2D eigenvalue weighted by molar-refractivity contribution is 0.508. The maximum Gasteiger partial charge on any atom is 0.135 e. The normalized spacial score (nSPS) is 25.9. The molecule has 1 heterocycles. The maximum atomic E-state index is 6.09. The summed E-state index contributed by atoms with van der Waals surface area (Å²) in [4.78, 5) is 8.99. The Hall–Kier alpha value is -0.630. The summed E-state index contributed by atoms with van der Waals surface area (Å²) in [5, 5.41) is 0.622. The largest absolute Gasteiger partial charge is 0.238 e. The van der Waals surface area contributed by atoms with Gasteiger partial charge in [0.15, 0.2) is 0 Å². The first kappa shape index (κ1) is 10.9. The molecule has 15 heavy (non-hydrogen) atoms. The van der Waals surface area contributed by atoms with Crippen molar-refractivity contribution in [2.75, 3.05) is 0 Å². The van der Waals surface area contributed by atoms with Gasteiger partial charge in [-0.2, -0.15) is 0 Å². The van der Waals surface area contributed by atoms with E-state index in [0.29, 0.717) is 17.0 Å². The fraction of sp³-hybridized carbons (Fsp3) is 0.667. The summed E-state index contributed by atoms with van der Waals surface area (Å²) in [6.07, 6.45) is 3.79.